The zero-order valence-electron chi connectivity index (χ0n) is 15.7. The summed E-state index contributed by atoms with van der Waals surface area (Å²) < 4.78 is 16.0. The molecule has 3 rings (SSSR count). The van der Waals surface area contributed by atoms with Gasteiger partial charge in [-0.05, 0) is 24.3 Å². The van der Waals surface area contributed by atoms with E-state index >= 15 is 0 Å². The molecule has 2 N–H and O–H groups in total. The number of ether oxygens (including phenoxy) is 3. The van der Waals surface area contributed by atoms with Crippen LogP contribution in [-0.2, 0) is 0 Å². The lowest BCUT2D eigenvalue weighted by molar-refractivity contribution is 0.102. The van der Waals surface area contributed by atoms with Crippen molar-refractivity contribution in [1.82, 2.24) is 9.97 Å². The van der Waals surface area contributed by atoms with Crippen molar-refractivity contribution in [3.8, 4) is 17.2 Å². The number of rotatable bonds is 7. The minimum atomic E-state index is -0.272. The van der Waals surface area contributed by atoms with Crippen LogP contribution in [0.3, 0.4) is 0 Å². The number of benzene rings is 1. The SMILES string of the molecule is COc1cc(Nc2ccc(NC(=O)c3cccnc3)nc2)cc(OC)c1OC. The van der Waals surface area contributed by atoms with Crippen molar-refractivity contribution in [1.29, 1.82) is 0 Å². The maximum Gasteiger partial charge on any atom is 0.258 e. The number of anilines is 3. The molecule has 0 saturated carbocycles. The Balaban J connectivity index is 1.73. The third-order valence-corrected chi connectivity index (χ3v) is 3.88. The van der Waals surface area contributed by atoms with E-state index in [9.17, 15) is 4.79 Å². The number of pyridine rings is 2. The molecule has 0 saturated heterocycles. The van der Waals surface area contributed by atoms with Crippen LogP contribution in [0.25, 0.3) is 0 Å². The largest absolute Gasteiger partial charge is 0.493 e. The van der Waals surface area contributed by atoms with Crippen LogP contribution >= 0.6 is 0 Å². The van der Waals surface area contributed by atoms with Crippen molar-refractivity contribution in [2.45, 2.75) is 0 Å². The molecule has 0 fully saturated rings. The quantitative estimate of drug-likeness (QED) is 0.648. The van der Waals surface area contributed by atoms with Gasteiger partial charge in [0.2, 0.25) is 5.75 Å². The third-order valence-electron chi connectivity index (χ3n) is 3.88. The van der Waals surface area contributed by atoms with Gasteiger partial charge in [-0.25, -0.2) is 4.98 Å². The van der Waals surface area contributed by atoms with E-state index in [0.717, 1.165) is 11.4 Å². The van der Waals surface area contributed by atoms with E-state index in [2.05, 4.69) is 20.6 Å². The van der Waals surface area contributed by atoms with Gasteiger partial charge >= 0.3 is 0 Å². The molecule has 0 unspecified atom stereocenters. The average Bonchev–Trinajstić information content (AvgIpc) is 2.75. The van der Waals surface area contributed by atoms with Gasteiger partial charge in [0.15, 0.2) is 11.5 Å². The van der Waals surface area contributed by atoms with E-state index in [1.807, 2.05) is 0 Å². The van der Waals surface area contributed by atoms with Crippen LogP contribution < -0.4 is 24.8 Å². The Morgan fingerprint density at radius 1 is 0.929 bits per heavy atom. The van der Waals surface area contributed by atoms with Crippen molar-refractivity contribution in [2.24, 2.45) is 0 Å². The minimum Gasteiger partial charge on any atom is -0.493 e. The molecule has 2 heterocycles. The van der Waals surface area contributed by atoms with Crippen LogP contribution in [0.15, 0.2) is 55.0 Å². The summed E-state index contributed by atoms with van der Waals surface area (Å²) >= 11 is 0. The predicted molar refractivity (Wildman–Crippen MR) is 106 cm³/mol. The summed E-state index contributed by atoms with van der Waals surface area (Å²) in [6.07, 6.45) is 4.72. The van der Waals surface area contributed by atoms with Gasteiger partial charge in [-0.3, -0.25) is 9.78 Å². The summed E-state index contributed by atoms with van der Waals surface area (Å²) in [5.74, 6) is 1.76. The van der Waals surface area contributed by atoms with Gasteiger partial charge in [0, 0.05) is 30.2 Å². The van der Waals surface area contributed by atoms with Crippen LogP contribution in [0.5, 0.6) is 17.2 Å². The second-order valence-electron chi connectivity index (χ2n) is 5.67. The number of carbonyl (C=O) groups is 1. The number of hydrogen-bond donors (Lipinski definition) is 2. The monoisotopic (exact) mass is 380 g/mol. The molecule has 0 aliphatic carbocycles. The maximum atomic E-state index is 12.1. The number of nitrogens with one attached hydrogen (secondary N) is 2. The smallest absolute Gasteiger partial charge is 0.258 e. The Labute approximate surface area is 162 Å². The molecule has 28 heavy (non-hydrogen) atoms. The number of methoxy groups -OCH3 is 3. The Bertz CT molecular complexity index is 921. The summed E-state index contributed by atoms with van der Waals surface area (Å²) in [7, 11) is 4.67. The summed E-state index contributed by atoms with van der Waals surface area (Å²) in [5, 5.41) is 5.94. The van der Waals surface area contributed by atoms with Gasteiger partial charge in [-0.1, -0.05) is 0 Å². The van der Waals surface area contributed by atoms with Gasteiger partial charge in [-0.2, -0.15) is 0 Å². The average molecular weight is 380 g/mol. The molecule has 1 aromatic carbocycles. The van der Waals surface area contributed by atoms with Gasteiger partial charge in [0.25, 0.3) is 5.91 Å². The summed E-state index contributed by atoms with van der Waals surface area (Å²) in [6.45, 7) is 0. The standard InChI is InChI=1S/C20H20N4O4/c1-26-16-9-15(10-17(27-2)19(16)28-3)23-14-6-7-18(22-12-14)24-20(25)13-5-4-8-21-11-13/h4-12,23H,1-3H3,(H,22,24,25). The zero-order valence-corrected chi connectivity index (χ0v) is 15.7. The Hall–Kier alpha value is -3.81. The molecule has 0 radical (unpaired) electrons. The number of aromatic nitrogens is 2. The van der Waals surface area contributed by atoms with Crippen molar-refractivity contribution in [3.63, 3.8) is 0 Å². The van der Waals surface area contributed by atoms with E-state index in [0.29, 0.717) is 28.6 Å². The molecule has 3 aromatic rings. The number of hydrogen-bond acceptors (Lipinski definition) is 7. The normalized spacial score (nSPS) is 10.1. The van der Waals surface area contributed by atoms with Crippen molar-refractivity contribution >= 4 is 23.1 Å². The lowest BCUT2D eigenvalue weighted by Crippen LogP contribution is -2.13. The lowest BCUT2D eigenvalue weighted by atomic mass is 10.2. The lowest BCUT2D eigenvalue weighted by Gasteiger charge is -2.15. The summed E-state index contributed by atoms with van der Waals surface area (Å²) in [6, 6.07) is 10.5. The molecule has 8 heteroatoms. The molecule has 0 bridgehead atoms. The molecule has 2 aromatic heterocycles. The highest BCUT2D eigenvalue weighted by Gasteiger charge is 2.13. The first kappa shape index (κ1) is 19.0. The van der Waals surface area contributed by atoms with Gasteiger partial charge in [0.05, 0.1) is 38.8 Å². The second-order valence-corrected chi connectivity index (χ2v) is 5.67. The highest BCUT2D eigenvalue weighted by Crippen LogP contribution is 2.40. The van der Waals surface area contributed by atoms with Crippen LogP contribution in [0.2, 0.25) is 0 Å². The van der Waals surface area contributed by atoms with Gasteiger partial charge < -0.3 is 24.8 Å². The van der Waals surface area contributed by atoms with Crippen LogP contribution in [0, 0.1) is 0 Å². The van der Waals surface area contributed by atoms with Crippen LogP contribution in [0.4, 0.5) is 17.2 Å². The first-order chi connectivity index (χ1) is 13.6. The van der Waals surface area contributed by atoms with Gasteiger partial charge in [-0.15, -0.1) is 0 Å². The summed E-state index contributed by atoms with van der Waals surface area (Å²) in [4.78, 5) is 20.3. The molecular weight excluding hydrogens is 360 g/mol. The van der Waals surface area contributed by atoms with Crippen molar-refractivity contribution in [3.05, 3.63) is 60.6 Å². The highest BCUT2D eigenvalue weighted by atomic mass is 16.5. The first-order valence-corrected chi connectivity index (χ1v) is 8.39. The Kier molecular flexibility index (Phi) is 5.91. The van der Waals surface area contributed by atoms with E-state index in [4.69, 9.17) is 14.2 Å². The molecule has 0 aliphatic rings. The van der Waals surface area contributed by atoms with E-state index in [1.54, 1.807) is 70.1 Å². The fourth-order valence-electron chi connectivity index (χ4n) is 2.55. The first-order valence-electron chi connectivity index (χ1n) is 8.39. The minimum absolute atomic E-state index is 0.272. The topological polar surface area (TPSA) is 94.6 Å². The molecule has 0 atom stereocenters. The zero-order chi connectivity index (χ0) is 19.9. The Morgan fingerprint density at radius 3 is 2.21 bits per heavy atom. The van der Waals surface area contributed by atoms with E-state index in [-0.39, 0.29) is 5.91 Å². The molecule has 1 amide bonds. The van der Waals surface area contributed by atoms with Crippen LogP contribution in [0.1, 0.15) is 10.4 Å². The number of nitrogens with zero attached hydrogens (tertiary/aromatic N) is 2. The maximum absolute atomic E-state index is 12.1. The fraction of sp³-hybridized carbons (Fsp3) is 0.150. The molecule has 0 spiro atoms. The van der Waals surface area contributed by atoms with Crippen LogP contribution in [-0.4, -0.2) is 37.2 Å². The fourth-order valence-corrected chi connectivity index (χ4v) is 2.55. The Morgan fingerprint density at radius 2 is 1.68 bits per heavy atom. The molecular formula is C20H20N4O4. The molecule has 8 nitrogen and oxygen atoms in total. The molecule has 0 aliphatic heterocycles. The predicted octanol–water partition coefficient (Wildman–Crippen LogP) is 3.50. The van der Waals surface area contributed by atoms with E-state index < -0.39 is 0 Å². The van der Waals surface area contributed by atoms with E-state index in [1.165, 1.54) is 6.20 Å². The second kappa shape index (κ2) is 8.72. The third kappa shape index (κ3) is 4.29. The highest BCUT2D eigenvalue weighted by molar-refractivity contribution is 6.03. The van der Waals surface area contributed by atoms with Crippen molar-refractivity contribution in [2.75, 3.05) is 32.0 Å². The molecule has 144 valence electrons. The van der Waals surface area contributed by atoms with Gasteiger partial charge in [0.1, 0.15) is 5.82 Å². The summed E-state index contributed by atoms with van der Waals surface area (Å²) in [5.41, 5.74) is 1.93. The number of amides is 1. The number of carbonyl (C=O) groups excluding carboxylic acids is 1. The van der Waals surface area contributed by atoms with Crippen molar-refractivity contribution < 1.29 is 19.0 Å².